The maximum absolute atomic E-state index is 13.1. The van der Waals surface area contributed by atoms with Gasteiger partial charge in [-0.25, -0.2) is 4.98 Å². The molecule has 0 radical (unpaired) electrons. The van der Waals surface area contributed by atoms with Crippen LogP contribution in [0.4, 0.5) is 14.7 Å². The Morgan fingerprint density at radius 3 is 2.61 bits per heavy atom. The number of allylic oxidation sites excluding steroid dienone is 1. The monoisotopic (exact) mass is 501 g/mol. The van der Waals surface area contributed by atoms with Crippen molar-refractivity contribution in [2.45, 2.75) is 12.7 Å². The highest BCUT2D eigenvalue weighted by Crippen LogP contribution is 2.41. The third-order valence-electron chi connectivity index (χ3n) is 5.11. The van der Waals surface area contributed by atoms with E-state index in [-0.39, 0.29) is 5.75 Å². The predicted molar refractivity (Wildman–Crippen MR) is 122 cm³/mol. The zero-order chi connectivity index (χ0) is 21.5. The smallest absolute Gasteiger partial charge is 0.387 e. The molecule has 4 aromatic rings. The molecule has 0 saturated heterocycles. The van der Waals surface area contributed by atoms with Crippen LogP contribution in [0.15, 0.2) is 77.3 Å². The van der Waals surface area contributed by atoms with Crippen LogP contribution in [0.5, 0.6) is 5.75 Å². The summed E-state index contributed by atoms with van der Waals surface area (Å²) >= 11 is 9.70. The number of hydrogen-bond donors (Lipinski definition) is 1. The minimum absolute atomic E-state index is 0.0708. The van der Waals surface area contributed by atoms with E-state index in [1.807, 2.05) is 59.2 Å². The summed E-state index contributed by atoms with van der Waals surface area (Å²) in [6.45, 7) is -2.95. The number of ether oxygens (including phenoxy) is 1. The first-order valence-electron chi connectivity index (χ1n) is 9.45. The molecular weight excluding hydrogens is 488 g/mol. The summed E-state index contributed by atoms with van der Waals surface area (Å²) in [6, 6.07) is 19.7. The van der Waals surface area contributed by atoms with Crippen molar-refractivity contribution in [3.8, 4) is 5.75 Å². The van der Waals surface area contributed by atoms with Crippen LogP contribution < -0.4 is 10.1 Å². The first-order chi connectivity index (χ1) is 15.0. The molecule has 8 heteroatoms. The number of halogens is 4. The summed E-state index contributed by atoms with van der Waals surface area (Å²) < 4.78 is 34.0. The number of imidazole rings is 1. The van der Waals surface area contributed by atoms with Crippen molar-refractivity contribution < 1.29 is 13.5 Å². The number of hydrogen-bond acceptors (Lipinski definition) is 3. The first kappa shape index (κ1) is 20.0. The number of alkyl halides is 2. The molecule has 0 fully saturated rings. The first-order valence-corrected chi connectivity index (χ1v) is 10.6. The Bertz CT molecular complexity index is 1300. The maximum atomic E-state index is 13.1. The van der Waals surface area contributed by atoms with Gasteiger partial charge in [0.2, 0.25) is 5.95 Å². The van der Waals surface area contributed by atoms with Gasteiger partial charge in [-0.3, -0.25) is 4.57 Å². The van der Waals surface area contributed by atoms with E-state index >= 15 is 0 Å². The summed E-state index contributed by atoms with van der Waals surface area (Å²) in [5.74, 6) is 0.677. The van der Waals surface area contributed by atoms with Crippen LogP contribution in [0.1, 0.15) is 17.2 Å². The quantitative estimate of drug-likeness (QED) is 0.323. The van der Waals surface area contributed by atoms with E-state index in [9.17, 15) is 8.78 Å². The van der Waals surface area contributed by atoms with Gasteiger partial charge in [0.05, 0.1) is 17.1 Å². The topological polar surface area (TPSA) is 39.1 Å². The van der Waals surface area contributed by atoms with Crippen LogP contribution in [0.25, 0.3) is 16.7 Å². The van der Waals surface area contributed by atoms with Crippen LogP contribution in [-0.4, -0.2) is 16.2 Å². The van der Waals surface area contributed by atoms with E-state index < -0.39 is 12.7 Å². The Hall–Kier alpha value is -2.90. The third kappa shape index (κ3) is 3.79. The van der Waals surface area contributed by atoms with Crippen molar-refractivity contribution in [2.75, 3.05) is 5.32 Å². The summed E-state index contributed by atoms with van der Waals surface area (Å²) in [5.41, 5.74) is 3.92. The van der Waals surface area contributed by atoms with Gasteiger partial charge in [-0.05, 0) is 54.1 Å². The fraction of sp³-hybridized carbons (Fsp3) is 0.0870. The van der Waals surface area contributed by atoms with Crippen LogP contribution in [-0.2, 0) is 0 Å². The Morgan fingerprint density at radius 2 is 1.84 bits per heavy atom. The number of benzene rings is 3. The second-order valence-corrected chi connectivity index (χ2v) is 8.36. The fourth-order valence-electron chi connectivity index (χ4n) is 3.79. The summed E-state index contributed by atoms with van der Waals surface area (Å²) in [6.07, 6.45) is 1.97. The number of para-hydroxylation sites is 2. The van der Waals surface area contributed by atoms with E-state index in [1.54, 1.807) is 6.07 Å². The molecule has 1 aliphatic heterocycles. The molecule has 1 N–H and O–H groups in total. The van der Waals surface area contributed by atoms with Crippen LogP contribution in [0, 0.1) is 0 Å². The lowest BCUT2D eigenvalue weighted by molar-refractivity contribution is -0.0505. The Labute approximate surface area is 190 Å². The lowest BCUT2D eigenvalue weighted by Gasteiger charge is -2.28. The standard InChI is InChI=1S/C23H15BrClF2N3O/c24-14-7-5-13(6-8-14)18-12-20(16-11-15(25)9-10-21(16)31-22(26)27)30-19-4-2-1-3-17(19)28-23(30)29-18/h1-12,20,22H,(H,28,29)/t20-/m1/s1. The number of aromatic nitrogens is 2. The summed E-state index contributed by atoms with van der Waals surface area (Å²) in [7, 11) is 0. The van der Waals surface area contributed by atoms with Gasteiger partial charge in [-0.1, -0.05) is 51.8 Å². The van der Waals surface area contributed by atoms with Crippen molar-refractivity contribution in [2.24, 2.45) is 0 Å². The molecule has 3 aromatic carbocycles. The van der Waals surface area contributed by atoms with E-state index in [2.05, 4.69) is 21.2 Å². The highest BCUT2D eigenvalue weighted by atomic mass is 79.9. The lowest BCUT2D eigenvalue weighted by Crippen LogP contribution is -2.20. The molecule has 4 nitrogen and oxygen atoms in total. The van der Waals surface area contributed by atoms with Gasteiger partial charge in [0.25, 0.3) is 0 Å². The second-order valence-electron chi connectivity index (χ2n) is 7.01. The van der Waals surface area contributed by atoms with Crippen LogP contribution in [0.3, 0.4) is 0 Å². The molecule has 5 rings (SSSR count). The highest BCUT2D eigenvalue weighted by molar-refractivity contribution is 9.10. The van der Waals surface area contributed by atoms with Crippen LogP contribution >= 0.6 is 27.5 Å². The van der Waals surface area contributed by atoms with Gasteiger partial charge in [-0.2, -0.15) is 8.78 Å². The molecule has 1 atom stereocenters. The van der Waals surface area contributed by atoms with Gasteiger partial charge in [0.15, 0.2) is 0 Å². The van der Waals surface area contributed by atoms with E-state index in [0.29, 0.717) is 16.5 Å². The number of fused-ring (bicyclic) bond motifs is 3. The van der Waals surface area contributed by atoms with Crippen molar-refractivity contribution >= 4 is 50.2 Å². The molecule has 0 saturated carbocycles. The van der Waals surface area contributed by atoms with Crippen molar-refractivity contribution in [3.63, 3.8) is 0 Å². The molecule has 0 unspecified atom stereocenters. The number of anilines is 1. The molecule has 1 aromatic heterocycles. The average Bonchev–Trinajstić information content (AvgIpc) is 3.13. The normalized spacial score (nSPS) is 15.5. The molecular formula is C23H15BrClF2N3O. The van der Waals surface area contributed by atoms with Gasteiger partial charge < -0.3 is 10.1 Å². The molecule has 0 aliphatic carbocycles. The third-order valence-corrected chi connectivity index (χ3v) is 5.87. The Morgan fingerprint density at radius 1 is 1.06 bits per heavy atom. The number of rotatable bonds is 4. The molecule has 2 heterocycles. The lowest BCUT2D eigenvalue weighted by atomic mass is 10.00. The molecule has 0 bridgehead atoms. The van der Waals surface area contributed by atoms with Gasteiger partial charge in [0, 0.05) is 20.8 Å². The molecule has 0 spiro atoms. The minimum atomic E-state index is -2.95. The van der Waals surface area contributed by atoms with E-state index in [4.69, 9.17) is 21.3 Å². The molecule has 156 valence electrons. The Kier molecular flexibility index (Phi) is 5.16. The number of nitrogens with zero attached hydrogens (tertiary/aromatic N) is 2. The van der Waals surface area contributed by atoms with Crippen molar-refractivity contribution in [3.05, 3.63) is 93.4 Å². The van der Waals surface area contributed by atoms with Crippen molar-refractivity contribution in [1.29, 1.82) is 0 Å². The van der Waals surface area contributed by atoms with Gasteiger partial charge in [-0.15, -0.1) is 0 Å². The van der Waals surface area contributed by atoms with Gasteiger partial charge >= 0.3 is 6.61 Å². The second kappa shape index (κ2) is 7.98. The van der Waals surface area contributed by atoms with E-state index in [1.165, 1.54) is 12.1 Å². The maximum Gasteiger partial charge on any atom is 0.387 e. The summed E-state index contributed by atoms with van der Waals surface area (Å²) in [4.78, 5) is 4.72. The molecule has 0 amide bonds. The SMILES string of the molecule is FC(F)Oc1ccc(Cl)cc1[C@H]1C=C(c2ccc(Br)cc2)Nc2nc3ccccc3n21. The fourth-order valence-corrected chi connectivity index (χ4v) is 4.23. The van der Waals surface area contributed by atoms with Crippen molar-refractivity contribution in [1.82, 2.24) is 9.55 Å². The average molecular weight is 503 g/mol. The zero-order valence-corrected chi connectivity index (χ0v) is 18.2. The number of nitrogens with one attached hydrogen (secondary N) is 1. The van der Waals surface area contributed by atoms with E-state index in [0.717, 1.165) is 26.8 Å². The minimum Gasteiger partial charge on any atom is -0.434 e. The Balaban J connectivity index is 1.74. The largest absolute Gasteiger partial charge is 0.434 e. The summed E-state index contributed by atoms with van der Waals surface area (Å²) in [5, 5.41) is 3.80. The zero-order valence-electron chi connectivity index (χ0n) is 15.9. The molecule has 1 aliphatic rings. The van der Waals surface area contributed by atoms with Gasteiger partial charge in [0.1, 0.15) is 5.75 Å². The predicted octanol–water partition coefficient (Wildman–Crippen LogP) is 7.11. The molecule has 31 heavy (non-hydrogen) atoms. The highest BCUT2D eigenvalue weighted by Gasteiger charge is 2.28. The van der Waals surface area contributed by atoms with Crippen LogP contribution in [0.2, 0.25) is 5.02 Å².